The first-order valence-corrected chi connectivity index (χ1v) is 17.8. The minimum absolute atomic E-state index is 0.0372. The van der Waals surface area contributed by atoms with Gasteiger partial charge in [0, 0.05) is 74.7 Å². The van der Waals surface area contributed by atoms with Gasteiger partial charge in [-0.1, -0.05) is 35.9 Å². The molecule has 0 bridgehead atoms. The zero-order valence-corrected chi connectivity index (χ0v) is 29.6. The molecule has 0 radical (unpaired) electrons. The average molecular weight is 654 g/mol. The van der Waals surface area contributed by atoms with Crippen LogP contribution in [0.15, 0.2) is 47.1 Å². The molecule has 48 heavy (non-hydrogen) atoms. The van der Waals surface area contributed by atoms with Crippen LogP contribution in [0.2, 0.25) is 0 Å². The third kappa shape index (κ3) is 6.12. The van der Waals surface area contributed by atoms with E-state index >= 15 is 0 Å². The lowest BCUT2D eigenvalue weighted by atomic mass is 9.81. The Morgan fingerprint density at radius 2 is 1.56 bits per heavy atom. The quantitative estimate of drug-likeness (QED) is 0.346. The summed E-state index contributed by atoms with van der Waals surface area (Å²) < 4.78 is 19.4. The molecule has 7 rings (SSSR count). The van der Waals surface area contributed by atoms with Crippen LogP contribution < -0.4 is 9.47 Å². The van der Waals surface area contributed by atoms with Crippen LogP contribution in [-0.2, 0) is 22.5 Å². The number of allylic oxidation sites excluding steroid dienone is 3. The van der Waals surface area contributed by atoms with Crippen molar-refractivity contribution in [3.63, 3.8) is 0 Å². The van der Waals surface area contributed by atoms with E-state index in [1.807, 2.05) is 25.7 Å². The van der Waals surface area contributed by atoms with Crippen molar-refractivity contribution in [3.8, 4) is 22.6 Å². The number of fused-ring (bicyclic) bond motifs is 2. The van der Waals surface area contributed by atoms with Gasteiger partial charge in [0.15, 0.2) is 17.3 Å². The van der Waals surface area contributed by atoms with E-state index in [-0.39, 0.29) is 17.6 Å². The minimum Gasteiger partial charge on any atom is -0.448 e. The van der Waals surface area contributed by atoms with E-state index in [1.165, 1.54) is 5.56 Å². The molecule has 0 spiro atoms. The van der Waals surface area contributed by atoms with Crippen molar-refractivity contribution in [1.29, 1.82) is 0 Å². The summed E-state index contributed by atoms with van der Waals surface area (Å²) in [6.45, 7) is 13.3. The highest BCUT2D eigenvalue weighted by molar-refractivity contribution is 6.04. The molecule has 8 heteroatoms. The maximum atomic E-state index is 14.5. The molecule has 2 fully saturated rings. The van der Waals surface area contributed by atoms with Gasteiger partial charge >= 0.3 is 0 Å². The third-order valence-electron chi connectivity index (χ3n) is 11.5. The fraction of sp³-hybridized carbons (Fsp3) is 0.550. The minimum atomic E-state index is -0.803. The van der Waals surface area contributed by atoms with Crippen molar-refractivity contribution in [2.75, 3.05) is 53.5 Å². The van der Waals surface area contributed by atoms with E-state index in [2.05, 4.69) is 61.2 Å². The molecule has 3 heterocycles. The van der Waals surface area contributed by atoms with Crippen molar-refractivity contribution >= 4 is 11.7 Å². The zero-order valence-electron chi connectivity index (χ0n) is 29.6. The highest BCUT2D eigenvalue weighted by atomic mass is 16.7. The lowest BCUT2D eigenvalue weighted by Crippen LogP contribution is -2.46. The second kappa shape index (κ2) is 13.1. The fourth-order valence-corrected chi connectivity index (χ4v) is 8.60. The van der Waals surface area contributed by atoms with Crippen LogP contribution in [-0.4, -0.2) is 91.7 Å². The summed E-state index contributed by atoms with van der Waals surface area (Å²) >= 11 is 0. The van der Waals surface area contributed by atoms with Gasteiger partial charge in [-0.15, -0.1) is 0 Å². The maximum absolute atomic E-state index is 14.5. The molecule has 1 saturated heterocycles. The lowest BCUT2D eigenvalue weighted by Gasteiger charge is -2.39. The number of ketones is 1. The number of benzene rings is 2. The molecule has 2 aromatic carbocycles. The van der Waals surface area contributed by atoms with Crippen molar-refractivity contribution in [3.05, 3.63) is 69.3 Å². The lowest BCUT2D eigenvalue weighted by molar-refractivity contribution is -0.123. The van der Waals surface area contributed by atoms with Crippen molar-refractivity contribution in [1.82, 2.24) is 14.7 Å². The summed E-state index contributed by atoms with van der Waals surface area (Å²) in [5, 5.41) is 0. The summed E-state index contributed by atoms with van der Waals surface area (Å²) in [5.74, 6) is 0.986. The van der Waals surface area contributed by atoms with Crippen LogP contribution in [0.1, 0.15) is 79.9 Å². The van der Waals surface area contributed by atoms with Gasteiger partial charge in [0.2, 0.25) is 0 Å². The first-order chi connectivity index (χ1) is 23.0. The Bertz CT molecular complexity index is 1660. The molecular weight excluding hydrogens is 602 g/mol. The first-order valence-electron chi connectivity index (χ1n) is 17.8. The number of morpholine rings is 1. The summed E-state index contributed by atoms with van der Waals surface area (Å²) in [4.78, 5) is 34.1. The second-order valence-corrected chi connectivity index (χ2v) is 15.0. The molecule has 2 aromatic rings. The second-order valence-electron chi connectivity index (χ2n) is 15.0. The zero-order chi connectivity index (χ0) is 33.7. The molecular formula is C40H51N3O5. The van der Waals surface area contributed by atoms with Gasteiger partial charge in [-0.05, 0) is 89.2 Å². The Morgan fingerprint density at radius 1 is 0.875 bits per heavy atom. The number of nitrogens with zero attached hydrogens (tertiary/aromatic N) is 3. The number of carbonyl (C=O) groups excluding carboxylic acids is 2. The highest BCUT2D eigenvalue weighted by Crippen LogP contribution is 2.55. The van der Waals surface area contributed by atoms with Gasteiger partial charge < -0.3 is 24.0 Å². The van der Waals surface area contributed by atoms with Gasteiger partial charge in [-0.25, -0.2) is 0 Å². The molecule has 0 N–H and O–H groups in total. The topological polar surface area (TPSA) is 71.5 Å². The molecule has 1 saturated carbocycles. The molecule has 0 aromatic heterocycles. The van der Waals surface area contributed by atoms with Crippen molar-refractivity contribution < 1.29 is 23.8 Å². The predicted molar refractivity (Wildman–Crippen MR) is 187 cm³/mol. The van der Waals surface area contributed by atoms with Gasteiger partial charge in [-0.2, -0.15) is 0 Å². The Labute approximate surface area is 285 Å². The summed E-state index contributed by atoms with van der Waals surface area (Å²) in [6, 6.07) is 9.35. The van der Waals surface area contributed by atoms with Crippen LogP contribution in [0.25, 0.3) is 11.1 Å². The Balaban J connectivity index is 1.25. The van der Waals surface area contributed by atoms with Crippen molar-refractivity contribution in [2.24, 2.45) is 5.92 Å². The van der Waals surface area contributed by atoms with E-state index in [0.717, 1.165) is 103 Å². The summed E-state index contributed by atoms with van der Waals surface area (Å²) in [5.41, 5.74) is 8.60. The highest BCUT2D eigenvalue weighted by Gasteiger charge is 2.49. The van der Waals surface area contributed by atoms with Crippen LogP contribution in [0.4, 0.5) is 0 Å². The van der Waals surface area contributed by atoms with Gasteiger partial charge in [-0.3, -0.25) is 14.5 Å². The molecule has 1 atom stereocenters. The van der Waals surface area contributed by atoms with Gasteiger partial charge in [0.05, 0.1) is 18.8 Å². The molecule has 256 valence electrons. The normalized spacial score (nSPS) is 26.3. The van der Waals surface area contributed by atoms with E-state index < -0.39 is 5.79 Å². The molecule has 1 unspecified atom stereocenters. The smallest absolute Gasteiger partial charge is 0.254 e. The Morgan fingerprint density at radius 3 is 2.23 bits per heavy atom. The van der Waals surface area contributed by atoms with E-state index in [0.29, 0.717) is 43.3 Å². The van der Waals surface area contributed by atoms with E-state index in [9.17, 15) is 9.59 Å². The number of rotatable bonds is 7. The Kier molecular flexibility index (Phi) is 9.02. The number of hydrogen-bond donors (Lipinski definition) is 0. The third-order valence-corrected chi connectivity index (χ3v) is 11.5. The standard InChI is InChI=1S/C40H51N3O5/c1-25-21-26(2)33(34(44)22-25)24-43-16-15-32-35(39(43)45)27(3)37-38(48-40(4,47-37)30-11-13-31(14-12-30)41(5)6)36(32)29-9-7-28(8-10-29)23-42-17-19-46-20-18-42/h7-10,21,30-31H,11-20,22-24H2,1-6H3. The van der Waals surface area contributed by atoms with Crippen LogP contribution in [0.3, 0.4) is 0 Å². The first kappa shape index (κ1) is 33.1. The van der Waals surface area contributed by atoms with Crippen LogP contribution in [0.5, 0.6) is 11.5 Å². The molecule has 5 aliphatic rings. The SMILES string of the molecule is CC1=CC(C)=C(CN2CCc3c(c(C)c4c(c3-c3ccc(CN5CCOCC5)cc3)OC(C)(C3CCC(N(C)C)CC3)O4)C2=O)C(=O)C1. The summed E-state index contributed by atoms with van der Waals surface area (Å²) in [7, 11) is 4.33. The summed E-state index contributed by atoms with van der Waals surface area (Å²) in [6.07, 6.45) is 7.46. The Hall–Kier alpha value is -3.46. The number of hydrogen-bond acceptors (Lipinski definition) is 7. The van der Waals surface area contributed by atoms with E-state index in [1.54, 1.807) is 0 Å². The average Bonchev–Trinajstić information content (AvgIpc) is 3.43. The van der Waals surface area contributed by atoms with Gasteiger partial charge in [0.25, 0.3) is 11.7 Å². The molecule has 2 aliphatic carbocycles. The van der Waals surface area contributed by atoms with Crippen LogP contribution in [0, 0.1) is 12.8 Å². The molecule has 8 nitrogen and oxygen atoms in total. The molecule has 3 aliphatic heterocycles. The van der Waals surface area contributed by atoms with Crippen molar-refractivity contribution in [2.45, 2.75) is 84.6 Å². The number of amides is 1. The monoisotopic (exact) mass is 653 g/mol. The molecule has 1 amide bonds. The maximum Gasteiger partial charge on any atom is 0.254 e. The van der Waals surface area contributed by atoms with Crippen LogP contribution >= 0.6 is 0 Å². The predicted octanol–water partition coefficient (Wildman–Crippen LogP) is 6.34. The fourth-order valence-electron chi connectivity index (χ4n) is 8.60. The number of Topliss-reactive ketones (excluding diaryl/α,β-unsaturated/α-hetero) is 1. The number of carbonyl (C=O) groups is 2. The largest absolute Gasteiger partial charge is 0.448 e. The van der Waals surface area contributed by atoms with Gasteiger partial charge in [0.1, 0.15) is 0 Å². The number of ether oxygens (including phenoxy) is 3. The van der Waals surface area contributed by atoms with E-state index in [4.69, 9.17) is 14.2 Å².